The van der Waals surface area contributed by atoms with Gasteiger partial charge in [-0.05, 0) is 53.9 Å². The van der Waals surface area contributed by atoms with Gasteiger partial charge in [0.15, 0.2) is 5.17 Å². The fourth-order valence-corrected chi connectivity index (χ4v) is 3.98. The van der Waals surface area contributed by atoms with Crippen molar-refractivity contribution in [1.82, 2.24) is 9.88 Å². The van der Waals surface area contributed by atoms with E-state index < -0.39 is 0 Å². The number of rotatable bonds is 6. The molecule has 0 N–H and O–H groups in total. The number of carbonyl (C=O) groups is 1. The molecule has 4 rings (SSSR count). The summed E-state index contributed by atoms with van der Waals surface area (Å²) in [5, 5.41) is 8.55. The van der Waals surface area contributed by atoms with Gasteiger partial charge in [0.05, 0.1) is 24.3 Å². The molecular formula is C21H17FN4O2S. The third-order valence-electron chi connectivity index (χ3n) is 4.30. The van der Waals surface area contributed by atoms with Gasteiger partial charge < -0.3 is 4.42 Å². The highest BCUT2D eigenvalue weighted by molar-refractivity contribution is 8.15. The van der Waals surface area contributed by atoms with Crippen LogP contribution in [0.15, 0.2) is 81.8 Å². The fourth-order valence-electron chi connectivity index (χ4n) is 2.85. The van der Waals surface area contributed by atoms with Gasteiger partial charge in [-0.2, -0.15) is 5.10 Å². The second-order valence-corrected chi connectivity index (χ2v) is 7.52. The van der Waals surface area contributed by atoms with Crippen molar-refractivity contribution in [1.29, 1.82) is 0 Å². The van der Waals surface area contributed by atoms with Crippen LogP contribution in [-0.2, 0) is 17.8 Å². The number of carbonyl (C=O) groups excluding carboxylic acids is 1. The lowest BCUT2D eigenvalue weighted by Crippen LogP contribution is -2.32. The standard InChI is InChI=1S/C21H17FN4O2S/c22-17-5-3-15(4-6-17)12-19-20(27)26(14-18-2-1-11-28-18)21(29-19)25-24-13-16-7-9-23-10-8-16/h1-11,13,19H,12,14H2/b24-13-,25-21-/t19-/m0/s1. The number of benzene rings is 1. The van der Waals surface area contributed by atoms with E-state index in [2.05, 4.69) is 15.2 Å². The molecule has 0 spiro atoms. The van der Waals surface area contributed by atoms with Gasteiger partial charge in [-0.3, -0.25) is 14.7 Å². The van der Waals surface area contributed by atoms with Crippen molar-refractivity contribution in [2.24, 2.45) is 10.2 Å². The molecule has 1 aliphatic heterocycles. The monoisotopic (exact) mass is 408 g/mol. The summed E-state index contributed by atoms with van der Waals surface area (Å²) >= 11 is 1.35. The number of halogens is 1. The van der Waals surface area contributed by atoms with E-state index in [1.54, 1.807) is 48.0 Å². The molecule has 1 aliphatic rings. The van der Waals surface area contributed by atoms with Gasteiger partial charge in [-0.1, -0.05) is 23.9 Å². The van der Waals surface area contributed by atoms with Crippen molar-refractivity contribution < 1.29 is 13.6 Å². The normalized spacial score (nSPS) is 18.2. The van der Waals surface area contributed by atoms with Gasteiger partial charge in [0.1, 0.15) is 11.6 Å². The van der Waals surface area contributed by atoms with E-state index in [0.29, 0.717) is 17.3 Å². The predicted molar refractivity (Wildman–Crippen MR) is 110 cm³/mol. The van der Waals surface area contributed by atoms with Gasteiger partial charge in [0.2, 0.25) is 5.91 Å². The molecule has 3 heterocycles. The third-order valence-corrected chi connectivity index (χ3v) is 5.47. The Morgan fingerprint density at radius 1 is 1.17 bits per heavy atom. The molecule has 1 saturated heterocycles. The highest BCUT2D eigenvalue weighted by Crippen LogP contribution is 2.31. The van der Waals surface area contributed by atoms with Gasteiger partial charge >= 0.3 is 0 Å². The van der Waals surface area contributed by atoms with E-state index >= 15 is 0 Å². The zero-order chi connectivity index (χ0) is 20.1. The van der Waals surface area contributed by atoms with E-state index in [1.807, 2.05) is 18.2 Å². The van der Waals surface area contributed by atoms with E-state index in [0.717, 1.165) is 11.1 Å². The Bertz CT molecular complexity index is 1020. The molecule has 0 unspecified atom stereocenters. The van der Waals surface area contributed by atoms with Gasteiger partial charge in [0, 0.05) is 12.4 Å². The van der Waals surface area contributed by atoms with Crippen LogP contribution in [0.3, 0.4) is 0 Å². The number of hydrogen-bond donors (Lipinski definition) is 0. The molecule has 29 heavy (non-hydrogen) atoms. The highest BCUT2D eigenvalue weighted by Gasteiger charge is 2.38. The van der Waals surface area contributed by atoms with Crippen LogP contribution in [0.1, 0.15) is 16.9 Å². The van der Waals surface area contributed by atoms with Crippen LogP contribution in [0.4, 0.5) is 4.39 Å². The molecule has 1 aromatic carbocycles. The fraction of sp³-hybridized carbons (Fsp3) is 0.143. The van der Waals surface area contributed by atoms with E-state index in [-0.39, 0.29) is 23.5 Å². The van der Waals surface area contributed by atoms with E-state index in [4.69, 9.17) is 4.42 Å². The first-order valence-electron chi connectivity index (χ1n) is 8.95. The number of thioether (sulfide) groups is 1. The summed E-state index contributed by atoms with van der Waals surface area (Å²) in [5.74, 6) is 0.284. The van der Waals surface area contributed by atoms with Crippen molar-refractivity contribution in [3.05, 3.63) is 89.9 Å². The number of hydrogen-bond acceptors (Lipinski definition) is 6. The Kier molecular flexibility index (Phi) is 5.81. The lowest BCUT2D eigenvalue weighted by molar-refractivity contribution is -0.126. The zero-order valence-electron chi connectivity index (χ0n) is 15.3. The predicted octanol–water partition coefficient (Wildman–Crippen LogP) is 3.89. The van der Waals surface area contributed by atoms with Crippen molar-refractivity contribution in [3.63, 3.8) is 0 Å². The maximum atomic E-state index is 13.2. The summed E-state index contributed by atoms with van der Waals surface area (Å²) in [6.45, 7) is 0.280. The van der Waals surface area contributed by atoms with Crippen molar-refractivity contribution in [2.45, 2.75) is 18.2 Å². The number of nitrogens with zero attached hydrogens (tertiary/aromatic N) is 4. The van der Waals surface area contributed by atoms with Crippen LogP contribution in [0.5, 0.6) is 0 Å². The Morgan fingerprint density at radius 2 is 1.97 bits per heavy atom. The van der Waals surface area contributed by atoms with Crippen molar-refractivity contribution in [3.8, 4) is 0 Å². The number of amides is 1. The summed E-state index contributed by atoms with van der Waals surface area (Å²) in [6, 6.07) is 13.4. The first-order valence-corrected chi connectivity index (χ1v) is 9.83. The molecule has 1 fully saturated rings. The smallest absolute Gasteiger partial charge is 0.242 e. The Balaban J connectivity index is 1.54. The molecule has 0 aliphatic carbocycles. The SMILES string of the molecule is O=C1[C@H](Cc2ccc(F)cc2)S/C(=N\N=C/c2ccncc2)N1Cc1ccco1. The number of amidine groups is 1. The zero-order valence-corrected chi connectivity index (χ0v) is 16.1. The molecule has 0 radical (unpaired) electrons. The lowest BCUT2D eigenvalue weighted by atomic mass is 10.1. The van der Waals surface area contributed by atoms with Crippen LogP contribution in [0.2, 0.25) is 0 Å². The molecule has 8 heteroatoms. The van der Waals surface area contributed by atoms with Crippen LogP contribution < -0.4 is 0 Å². The van der Waals surface area contributed by atoms with Crippen LogP contribution in [0.25, 0.3) is 0 Å². The largest absolute Gasteiger partial charge is 0.467 e. The Hall–Kier alpha value is -3.26. The first-order chi connectivity index (χ1) is 14.2. The first kappa shape index (κ1) is 19.1. The average Bonchev–Trinajstić information content (AvgIpc) is 3.35. The van der Waals surface area contributed by atoms with Crippen LogP contribution in [-0.4, -0.2) is 32.4 Å². The van der Waals surface area contributed by atoms with Gasteiger partial charge in [0.25, 0.3) is 0 Å². The van der Waals surface area contributed by atoms with Gasteiger partial charge in [-0.25, -0.2) is 4.39 Å². The summed E-state index contributed by atoms with van der Waals surface area (Å²) in [4.78, 5) is 18.5. The minimum Gasteiger partial charge on any atom is -0.467 e. The van der Waals surface area contributed by atoms with Gasteiger partial charge in [-0.15, -0.1) is 5.10 Å². The van der Waals surface area contributed by atoms with Crippen LogP contribution in [0, 0.1) is 5.82 Å². The number of furan rings is 1. The second-order valence-electron chi connectivity index (χ2n) is 6.35. The summed E-state index contributed by atoms with van der Waals surface area (Å²) in [7, 11) is 0. The quantitative estimate of drug-likeness (QED) is 0.458. The maximum Gasteiger partial charge on any atom is 0.242 e. The molecule has 0 saturated carbocycles. The average molecular weight is 408 g/mol. The molecule has 3 aromatic rings. The molecular weight excluding hydrogens is 391 g/mol. The minimum absolute atomic E-state index is 0.0754. The molecule has 2 aromatic heterocycles. The Labute approximate surface area is 171 Å². The Morgan fingerprint density at radius 3 is 2.69 bits per heavy atom. The van der Waals surface area contributed by atoms with Crippen LogP contribution >= 0.6 is 11.8 Å². The minimum atomic E-state index is -0.356. The molecule has 1 atom stereocenters. The molecule has 1 amide bonds. The lowest BCUT2D eigenvalue weighted by Gasteiger charge is -2.14. The van der Waals surface area contributed by atoms with Crippen molar-refractivity contribution >= 4 is 29.1 Å². The molecule has 0 bridgehead atoms. The van der Waals surface area contributed by atoms with E-state index in [9.17, 15) is 9.18 Å². The molecule has 146 valence electrons. The summed E-state index contributed by atoms with van der Waals surface area (Å²) < 4.78 is 18.5. The molecule has 6 nitrogen and oxygen atoms in total. The topological polar surface area (TPSA) is 71.1 Å². The second kappa shape index (κ2) is 8.83. The number of aromatic nitrogens is 1. The maximum absolute atomic E-state index is 13.2. The summed E-state index contributed by atoms with van der Waals surface area (Å²) in [6.07, 6.45) is 7.00. The number of pyridine rings is 1. The van der Waals surface area contributed by atoms with E-state index in [1.165, 1.54) is 23.9 Å². The summed E-state index contributed by atoms with van der Waals surface area (Å²) in [5.41, 5.74) is 1.75. The third kappa shape index (κ3) is 4.78. The van der Waals surface area contributed by atoms with Crippen molar-refractivity contribution in [2.75, 3.05) is 0 Å². The highest BCUT2D eigenvalue weighted by atomic mass is 32.2.